The van der Waals surface area contributed by atoms with Crippen LogP contribution in [0.25, 0.3) is 0 Å². The number of nitrogens with one attached hydrogen (secondary N) is 1. The highest BCUT2D eigenvalue weighted by Crippen LogP contribution is 2.44. The SMILES string of the molecule is S=C1N[C@H](c2ccccn2)[C@H](c2cccn2C[C@H]2CCCO2)N1c1ccc2c(c1)OCO2. The van der Waals surface area contributed by atoms with Gasteiger partial charge in [-0.3, -0.25) is 4.98 Å². The van der Waals surface area contributed by atoms with E-state index in [9.17, 15) is 0 Å². The molecular weight excluding hydrogens is 424 g/mol. The Hall–Kier alpha value is -3.10. The van der Waals surface area contributed by atoms with Gasteiger partial charge in [-0.05, 0) is 61.5 Å². The van der Waals surface area contributed by atoms with Crippen LogP contribution in [0.4, 0.5) is 5.69 Å². The Morgan fingerprint density at radius 2 is 2.03 bits per heavy atom. The van der Waals surface area contributed by atoms with Crippen LogP contribution >= 0.6 is 12.2 Å². The van der Waals surface area contributed by atoms with Crippen LogP contribution in [0.2, 0.25) is 0 Å². The quantitative estimate of drug-likeness (QED) is 0.593. The minimum absolute atomic E-state index is 0.0748. The Morgan fingerprint density at radius 1 is 1.09 bits per heavy atom. The van der Waals surface area contributed by atoms with Crippen molar-refractivity contribution in [1.29, 1.82) is 0 Å². The molecule has 6 rings (SSSR count). The second kappa shape index (κ2) is 8.11. The van der Waals surface area contributed by atoms with Crippen molar-refractivity contribution in [3.8, 4) is 11.5 Å². The van der Waals surface area contributed by atoms with E-state index in [4.69, 9.17) is 26.4 Å². The Bertz CT molecular complexity index is 1130. The number of anilines is 1. The third kappa shape index (κ3) is 3.40. The molecule has 0 saturated carbocycles. The van der Waals surface area contributed by atoms with E-state index in [1.54, 1.807) is 0 Å². The van der Waals surface area contributed by atoms with Gasteiger partial charge in [0.05, 0.1) is 17.8 Å². The normalized spacial score (nSPS) is 24.2. The third-order valence-corrected chi connectivity index (χ3v) is 6.64. The predicted octanol–water partition coefficient (Wildman–Crippen LogP) is 3.97. The number of aromatic nitrogens is 2. The number of ether oxygens (including phenoxy) is 3. The van der Waals surface area contributed by atoms with Crippen molar-refractivity contribution in [2.75, 3.05) is 18.3 Å². The molecule has 3 aromatic rings. The first-order chi connectivity index (χ1) is 15.8. The maximum atomic E-state index is 5.92. The molecule has 2 aromatic heterocycles. The molecule has 1 aromatic carbocycles. The van der Waals surface area contributed by atoms with E-state index in [0.29, 0.717) is 5.11 Å². The van der Waals surface area contributed by atoms with E-state index in [1.165, 1.54) is 5.69 Å². The van der Waals surface area contributed by atoms with Crippen LogP contribution in [0.1, 0.15) is 36.3 Å². The number of pyridine rings is 1. The highest BCUT2D eigenvalue weighted by Gasteiger charge is 2.42. The molecule has 1 N–H and O–H groups in total. The Kier molecular flexibility index (Phi) is 4.96. The van der Waals surface area contributed by atoms with Crippen LogP contribution in [0.5, 0.6) is 11.5 Å². The summed E-state index contributed by atoms with van der Waals surface area (Å²) in [5, 5.41) is 4.19. The average molecular weight is 449 g/mol. The zero-order chi connectivity index (χ0) is 21.5. The summed E-state index contributed by atoms with van der Waals surface area (Å²) < 4.78 is 19.4. The van der Waals surface area contributed by atoms with E-state index in [0.717, 1.165) is 48.9 Å². The number of benzene rings is 1. The summed E-state index contributed by atoms with van der Waals surface area (Å²) in [5.74, 6) is 1.49. The summed E-state index contributed by atoms with van der Waals surface area (Å²) in [7, 11) is 0. The average Bonchev–Trinajstić information content (AvgIpc) is 3.61. The molecule has 3 aliphatic rings. The van der Waals surface area contributed by atoms with Crippen molar-refractivity contribution in [1.82, 2.24) is 14.9 Å². The smallest absolute Gasteiger partial charge is 0.231 e. The zero-order valence-corrected chi connectivity index (χ0v) is 18.3. The summed E-state index contributed by atoms with van der Waals surface area (Å²) in [6.07, 6.45) is 6.41. The van der Waals surface area contributed by atoms with Gasteiger partial charge in [0.25, 0.3) is 0 Å². The van der Waals surface area contributed by atoms with E-state index >= 15 is 0 Å². The minimum atomic E-state index is -0.0905. The van der Waals surface area contributed by atoms with Crippen LogP contribution in [-0.2, 0) is 11.3 Å². The second-order valence-electron chi connectivity index (χ2n) is 8.25. The van der Waals surface area contributed by atoms with Gasteiger partial charge in [-0.2, -0.15) is 0 Å². The fourth-order valence-electron chi connectivity index (χ4n) is 4.84. The van der Waals surface area contributed by atoms with Gasteiger partial charge in [0.15, 0.2) is 16.6 Å². The first-order valence-corrected chi connectivity index (χ1v) is 11.4. The number of hydrogen-bond donors (Lipinski definition) is 1. The third-order valence-electron chi connectivity index (χ3n) is 6.32. The van der Waals surface area contributed by atoms with Crippen molar-refractivity contribution in [3.63, 3.8) is 0 Å². The Morgan fingerprint density at radius 3 is 2.88 bits per heavy atom. The van der Waals surface area contributed by atoms with Crippen molar-refractivity contribution < 1.29 is 14.2 Å². The number of fused-ring (bicyclic) bond motifs is 1. The van der Waals surface area contributed by atoms with Gasteiger partial charge in [0.1, 0.15) is 6.04 Å². The molecule has 8 heteroatoms. The summed E-state index contributed by atoms with van der Waals surface area (Å²) in [6.45, 7) is 1.91. The Balaban J connectivity index is 1.43. The summed E-state index contributed by atoms with van der Waals surface area (Å²) in [5.41, 5.74) is 3.08. The van der Waals surface area contributed by atoms with Crippen LogP contribution in [0.15, 0.2) is 60.9 Å². The van der Waals surface area contributed by atoms with Crippen LogP contribution in [0, 0.1) is 0 Å². The highest BCUT2D eigenvalue weighted by atomic mass is 32.1. The van der Waals surface area contributed by atoms with E-state index in [2.05, 4.69) is 38.1 Å². The number of rotatable bonds is 5. The summed E-state index contributed by atoms with van der Waals surface area (Å²) in [4.78, 5) is 6.81. The van der Waals surface area contributed by atoms with Gasteiger partial charge in [-0.15, -0.1) is 0 Å². The van der Waals surface area contributed by atoms with Gasteiger partial charge < -0.3 is 29.0 Å². The Labute approximate surface area is 191 Å². The molecule has 164 valence electrons. The first kappa shape index (κ1) is 19.6. The van der Waals surface area contributed by atoms with E-state index < -0.39 is 0 Å². The summed E-state index contributed by atoms with van der Waals surface area (Å²) >= 11 is 5.85. The monoisotopic (exact) mass is 448 g/mol. The molecule has 3 atom stereocenters. The van der Waals surface area contributed by atoms with Gasteiger partial charge >= 0.3 is 0 Å². The van der Waals surface area contributed by atoms with Crippen LogP contribution < -0.4 is 19.7 Å². The lowest BCUT2D eigenvalue weighted by Crippen LogP contribution is -2.31. The molecule has 0 amide bonds. The largest absolute Gasteiger partial charge is 0.454 e. The van der Waals surface area contributed by atoms with Crippen molar-refractivity contribution >= 4 is 23.0 Å². The molecule has 32 heavy (non-hydrogen) atoms. The predicted molar refractivity (Wildman–Crippen MR) is 124 cm³/mol. The maximum Gasteiger partial charge on any atom is 0.231 e. The number of thiocarbonyl (C=S) groups is 1. The van der Waals surface area contributed by atoms with Crippen molar-refractivity contribution in [3.05, 3.63) is 72.3 Å². The lowest BCUT2D eigenvalue weighted by atomic mass is 10.0. The standard InChI is InChI=1S/C24H24N4O3S/c32-24-26-22(18-6-1-2-10-25-18)23(19-7-3-11-27(19)14-17-5-4-12-29-17)28(24)16-8-9-20-21(13-16)31-15-30-20/h1-3,6-11,13,17,22-23H,4-5,12,14-15H2,(H,26,32)/t17-,22-,23+/m1/s1. The first-order valence-electron chi connectivity index (χ1n) is 10.9. The zero-order valence-electron chi connectivity index (χ0n) is 17.5. The number of nitrogens with zero attached hydrogens (tertiary/aromatic N) is 3. The van der Waals surface area contributed by atoms with E-state index in [-0.39, 0.29) is 25.0 Å². The van der Waals surface area contributed by atoms with Crippen LogP contribution in [0.3, 0.4) is 0 Å². The van der Waals surface area contributed by atoms with Gasteiger partial charge in [-0.25, -0.2) is 0 Å². The van der Waals surface area contributed by atoms with Gasteiger partial charge in [-0.1, -0.05) is 6.07 Å². The molecule has 5 heterocycles. The van der Waals surface area contributed by atoms with Crippen molar-refractivity contribution in [2.45, 2.75) is 37.6 Å². The molecule has 0 radical (unpaired) electrons. The lowest BCUT2D eigenvalue weighted by molar-refractivity contribution is 0.0961. The molecule has 0 bridgehead atoms. The molecule has 0 spiro atoms. The lowest BCUT2D eigenvalue weighted by Gasteiger charge is -2.29. The topological polar surface area (TPSA) is 60.8 Å². The van der Waals surface area contributed by atoms with Gasteiger partial charge in [0.2, 0.25) is 6.79 Å². The highest BCUT2D eigenvalue weighted by molar-refractivity contribution is 7.80. The van der Waals surface area contributed by atoms with Gasteiger partial charge in [0, 0.05) is 43.0 Å². The minimum Gasteiger partial charge on any atom is -0.454 e. The molecule has 2 fully saturated rings. The number of hydrogen-bond acceptors (Lipinski definition) is 5. The molecule has 0 aliphatic carbocycles. The molecule has 0 unspecified atom stereocenters. The molecule has 2 saturated heterocycles. The molecule has 7 nitrogen and oxygen atoms in total. The molecule has 3 aliphatic heterocycles. The maximum absolute atomic E-state index is 5.92. The fourth-order valence-corrected chi connectivity index (χ4v) is 5.18. The molecular formula is C24H24N4O3S. The summed E-state index contributed by atoms with van der Waals surface area (Å²) in [6, 6.07) is 16.1. The van der Waals surface area contributed by atoms with Crippen LogP contribution in [-0.4, -0.2) is 34.2 Å². The van der Waals surface area contributed by atoms with E-state index in [1.807, 2.05) is 42.6 Å². The second-order valence-corrected chi connectivity index (χ2v) is 8.64. The fraction of sp³-hybridized carbons (Fsp3) is 0.333. The van der Waals surface area contributed by atoms with Crippen molar-refractivity contribution in [2.24, 2.45) is 0 Å².